The molecule has 0 saturated carbocycles. The standard InChI is InChI=1S/C34H28N2O5/c1-22-8-10-24(11-9-22)21-39-29-16-13-25(18-31(29)38-2)33-27-15-14-26(19-30(27)41-34(36)28(33)20-35)40-32(37)17-12-23-6-4-3-5-7-23/h3-19,33H,21,36H2,1-2H3/b17-12+. The van der Waals surface area contributed by atoms with Gasteiger partial charge in [0.15, 0.2) is 11.5 Å². The van der Waals surface area contributed by atoms with Crippen LogP contribution in [0.1, 0.15) is 33.7 Å². The SMILES string of the molecule is COc1cc(C2C(C#N)=C(N)Oc3cc(OC(=O)/C=C/c4ccccc4)ccc32)ccc1OCc1ccc(C)cc1. The third-order valence-corrected chi connectivity index (χ3v) is 6.66. The minimum Gasteiger partial charge on any atom is -0.493 e. The molecule has 0 aromatic heterocycles. The van der Waals surface area contributed by atoms with E-state index in [0.717, 1.165) is 16.7 Å². The van der Waals surface area contributed by atoms with Crippen LogP contribution in [0.4, 0.5) is 0 Å². The highest BCUT2D eigenvalue weighted by atomic mass is 16.5. The Bertz CT molecular complexity index is 1670. The Hall–Kier alpha value is -5.48. The first-order valence-corrected chi connectivity index (χ1v) is 13.0. The van der Waals surface area contributed by atoms with E-state index in [1.165, 1.54) is 11.6 Å². The number of fused-ring (bicyclic) bond motifs is 1. The zero-order valence-corrected chi connectivity index (χ0v) is 22.7. The van der Waals surface area contributed by atoms with E-state index >= 15 is 0 Å². The van der Waals surface area contributed by atoms with Gasteiger partial charge in [-0.05, 0) is 47.9 Å². The predicted octanol–water partition coefficient (Wildman–Crippen LogP) is 6.42. The molecule has 204 valence electrons. The van der Waals surface area contributed by atoms with Crippen LogP contribution in [0.15, 0.2) is 109 Å². The van der Waals surface area contributed by atoms with Crippen molar-refractivity contribution in [1.29, 1.82) is 5.26 Å². The number of carbonyl (C=O) groups excluding carboxylic acids is 1. The van der Waals surface area contributed by atoms with Gasteiger partial charge in [0.2, 0.25) is 5.88 Å². The third kappa shape index (κ3) is 6.23. The van der Waals surface area contributed by atoms with Crippen LogP contribution >= 0.6 is 0 Å². The molecule has 0 radical (unpaired) electrons. The van der Waals surface area contributed by atoms with Gasteiger partial charge in [-0.1, -0.05) is 72.3 Å². The van der Waals surface area contributed by atoms with E-state index in [1.807, 2.05) is 79.7 Å². The molecule has 1 heterocycles. The van der Waals surface area contributed by atoms with Crippen LogP contribution in [0.5, 0.6) is 23.0 Å². The summed E-state index contributed by atoms with van der Waals surface area (Å²) in [7, 11) is 1.57. The lowest BCUT2D eigenvalue weighted by atomic mass is 9.83. The molecule has 4 aromatic carbocycles. The first-order chi connectivity index (χ1) is 19.9. The van der Waals surface area contributed by atoms with Crippen molar-refractivity contribution in [3.63, 3.8) is 0 Å². The number of benzene rings is 4. The number of allylic oxidation sites excluding steroid dienone is 1. The van der Waals surface area contributed by atoms with Crippen molar-refractivity contribution >= 4 is 12.0 Å². The van der Waals surface area contributed by atoms with Gasteiger partial charge in [0.05, 0.1) is 13.0 Å². The monoisotopic (exact) mass is 544 g/mol. The number of nitrogens with two attached hydrogens (primary N) is 1. The van der Waals surface area contributed by atoms with Crippen LogP contribution in [0, 0.1) is 18.3 Å². The zero-order chi connectivity index (χ0) is 28.8. The molecular formula is C34H28N2O5. The molecule has 0 fully saturated rings. The van der Waals surface area contributed by atoms with Crippen molar-refractivity contribution in [3.05, 3.63) is 136 Å². The lowest BCUT2D eigenvalue weighted by molar-refractivity contribution is -0.128. The molecule has 0 aliphatic carbocycles. The third-order valence-electron chi connectivity index (χ3n) is 6.66. The average Bonchev–Trinajstić information content (AvgIpc) is 2.99. The van der Waals surface area contributed by atoms with E-state index in [0.29, 0.717) is 29.4 Å². The van der Waals surface area contributed by atoms with E-state index in [9.17, 15) is 10.1 Å². The van der Waals surface area contributed by atoms with Crippen molar-refractivity contribution in [1.82, 2.24) is 0 Å². The van der Waals surface area contributed by atoms with Gasteiger partial charge in [0.25, 0.3) is 0 Å². The number of hydrogen-bond donors (Lipinski definition) is 1. The zero-order valence-electron chi connectivity index (χ0n) is 22.7. The molecule has 0 spiro atoms. The second-order valence-electron chi connectivity index (χ2n) is 9.47. The maximum atomic E-state index is 12.4. The summed E-state index contributed by atoms with van der Waals surface area (Å²) in [6.07, 6.45) is 3.03. The normalized spacial score (nSPS) is 14.1. The summed E-state index contributed by atoms with van der Waals surface area (Å²) >= 11 is 0. The fourth-order valence-corrected chi connectivity index (χ4v) is 4.55. The Balaban J connectivity index is 1.39. The van der Waals surface area contributed by atoms with Crippen molar-refractivity contribution in [2.45, 2.75) is 19.4 Å². The number of nitrogens with zero attached hydrogens (tertiary/aromatic N) is 1. The van der Waals surface area contributed by atoms with Crippen molar-refractivity contribution < 1.29 is 23.7 Å². The van der Waals surface area contributed by atoms with Crippen LogP contribution in [-0.4, -0.2) is 13.1 Å². The molecule has 1 aliphatic heterocycles. The molecule has 0 amide bonds. The lowest BCUT2D eigenvalue weighted by Crippen LogP contribution is -2.21. The highest BCUT2D eigenvalue weighted by Gasteiger charge is 2.31. The van der Waals surface area contributed by atoms with Crippen molar-refractivity contribution in [2.24, 2.45) is 5.73 Å². The summed E-state index contributed by atoms with van der Waals surface area (Å²) in [6.45, 7) is 2.42. The molecule has 1 unspecified atom stereocenters. The molecule has 5 rings (SSSR count). The average molecular weight is 545 g/mol. The molecule has 2 N–H and O–H groups in total. The van der Waals surface area contributed by atoms with Gasteiger partial charge in [0.1, 0.15) is 29.7 Å². The van der Waals surface area contributed by atoms with Gasteiger partial charge in [0, 0.05) is 17.7 Å². The second kappa shape index (κ2) is 12.1. The van der Waals surface area contributed by atoms with Gasteiger partial charge in [-0.25, -0.2) is 4.79 Å². The summed E-state index contributed by atoms with van der Waals surface area (Å²) in [4.78, 5) is 12.4. The molecule has 0 saturated heterocycles. The first kappa shape index (κ1) is 27.1. The number of esters is 1. The Labute approximate surface area is 238 Å². The number of ether oxygens (including phenoxy) is 4. The van der Waals surface area contributed by atoms with Crippen LogP contribution in [-0.2, 0) is 11.4 Å². The molecule has 1 aliphatic rings. The molecule has 1 atom stereocenters. The topological polar surface area (TPSA) is 104 Å². The van der Waals surface area contributed by atoms with E-state index < -0.39 is 11.9 Å². The van der Waals surface area contributed by atoms with Crippen LogP contribution in [0.2, 0.25) is 0 Å². The highest BCUT2D eigenvalue weighted by Crippen LogP contribution is 2.45. The van der Waals surface area contributed by atoms with E-state index in [4.69, 9.17) is 24.7 Å². The molecule has 7 nitrogen and oxygen atoms in total. The number of rotatable bonds is 8. The summed E-state index contributed by atoms with van der Waals surface area (Å²) < 4.78 is 22.9. The van der Waals surface area contributed by atoms with E-state index in [2.05, 4.69) is 6.07 Å². The smallest absolute Gasteiger partial charge is 0.336 e. The Morgan fingerprint density at radius 2 is 1.78 bits per heavy atom. The summed E-state index contributed by atoms with van der Waals surface area (Å²) in [6, 6.07) is 30.3. The van der Waals surface area contributed by atoms with Gasteiger partial charge in [-0.3, -0.25) is 0 Å². The first-order valence-electron chi connectivity index (χ1n) is 13.0. The largest absolute Gasteiger partial charge is 0.493 e. The maximum Gasteiger partial charge on any atom is 0.336 e. The van der Waals surface area contributed by atoms with Crippen LogP contribution in [0.3, 0.4) is 0 Å². The van der Waals surface area contributed by atoms with Gasteiger partial charge < -0.3 is 24.7 Å². The Morgan fingerprint density at radius 3 is 2.51 bits per heavy atom. The minimum atomic E-state index is -0.534. The highest BCUT2D eigenvalue weighted by molar-refractivity contribution is 5.88. The Kier molecular flexibility index (Phi) is 8.03. The minimum absolute atomic E-state index is 0.0175. The summed E-state index contributed by atoms with van der Waals surface area (Å²) in [5.41, 5.74) is 11.0. The summed E-state index contributed by atoms with van der Waals surface area (Å²) in [5.74, 6) is 0.703. The maximum absolute atomic E-state index is 12.4. The van der Waals surface area contributed by atoms with E-state index in [1.54, 1.807) is 31.4 Å². The predicted molar refractivity (Wildman–Crippen MR) is 155 cm³/mol. The van der Waals surface area contributed by atoms with Gasteiger partial charge in [-0.15, -0.1) is 0 Å². The number of methoxy groups -OCH3 is 1. The fourth-order valence-electron chi connectivity index (χ4n) is 4.55. The number of nitriles is 1. The van der Waals surface area contributed by atoms with Crippen LogP contribution in [0.25, 0.3) is 6.08 Å². The van der Waals surface area contributed by atoms with Gasteiger partial charge in [-0.2, -0.15) is 5.26 Å². The van der Waals surface area contributed by atoms with Crippen LogP contribution < -0.4 is 24.7 Å². The lowest BCUT2D eigenvalue weighted by Gasteiger charge is -2.27. The summed E-state index contributed by atoms with van der Waals surface area (Å²) in [5, 5.41) is 9.96. The Morgan fingerprint density at radius 1 is 1.00 bits per heavy atom. The molecule has 41 heavy (non-hydrogen) atoms. The van der Waals surface area contributed by atoms with Crippen molar-refractivity contribution in [3.8, 4) is 29.1 Å². The quantitative estimate of drug-likeness (QED) is 0.155. The second-order valence-corrected chi connectivity index (χ2v) is 9.47. The number of carbonyl (C=O) groups is 1. The molecule has 0 bridgehead atoms. The fraction of sp³-hybridized carbons (Fsp3) is 0.118. The van der Waals surface area contributed by atoms with E-state index in [-0.39, 0.29) is 17.2 Å². The molecule has 4 aromatic rings. The van der Waals surface area contributed by atoms with Gasteiger partial charge >= 0.3 is 5.97 Å². The molecular weight excluding hydrogens is 516 g/mol. The number of aryl methyl sites for hydroxylation is 1. The molecule has 7 heteroatoms. The number of hydrogen-bond acceptors (Lipinski definition) is 7. The van der Waals surface area contributed by atoms with Crippen molar-refractivity contribution in [2.75, 3.05) is 7.11 Å².